The van der Waals surface area contributed by atoms with Crippen molar-refractivity contribution < 1.29 is 19.4 Å². The van der Waals surface area contributed by atoms with Crippen molar-refractivity contribution in [3.63, 3.8) is 0 Å². The predicted molar refractivity (Wildman–Crippen MR) is 170 cm³/mol. The number of benzene rings is 1. The third-order valence-electron chi connectivity index (χ3n) is 9.18. The van der Waals surface area contributed by atoms with Crippen molar-refractivity contribution in [3.05, 3.63) is 70.2 Å². The van der Waals surface area contributed by atoms with Gasteiger partial charge < -0.3 is 20.4 Å². The molecule has 10 heteroatoms. The maximum absolute atomic E-state index is 14.5. The van der Waals surface area contributed by atoms with Gasteiger partial charge in [0, 0.05) is 37.0 Å². The number of halogens is 1. The lowest BCUT2D eigenvalue weighted by molar-refractivity contribution is 0.0795. The number of carbonyl (C=O) groups excluding carboxylic acids is 1. The molecule has 2 atom stereocenters. The summed E-state index contributed by atoms with van der Waals surface area (Å²) in [6.07, 6.45) is 6.17. The summed E-state index contributed by atoms with van der Waals surface area (Å²) in [5, 5.41) is 23.1. The minimum Gasteiger partial charge on any atom is -0.506 e. The van der Waals surface area contributed by atoms with Gasteiger partial charge in [-0.15, -0.1) is 0 Å². The second-order valence-electron chi connectivity index (χ2n) is 13.3. The van der Waals surface area contributed by atoms with Crippen LogP contribution in [0.2, 0.25) is 0 Å². The number of aromatic nitrogens is 3. The Bertz CT molecular complexity index is 1640. The Hall–Kier alpha value is -3.47. The minimum atomic E-state index is -0.602. The van der Waals surface area contributed by atoms with Crippen molar-refractivity contribution in [2.24, 2.45) is 11.3 Å². The number of amides is 1. The molecule has 1 aliphatic heterocycles. The molecule has 3 N–H and O–H groups in total. The number of aliphatic hydroxyl groups is 1. The van der Waals surface area contributed by atoms with Gasteiger partial charge in [-0.05, 0) is 67.1 Å². The standard InChI is InChI=1S/C34H40FN5O3S/c1-34(2,3)23-8-9-27-22(16-23)17-29-32(38-27)44-33(39-29)31(43)37-28(12-15-40-13-10-24(41)11-14-40)20-4-6-21(7-5-20)30-26(35)18-25(42)19-36-30/h4-7,17-19,23-24,28,41-42H,8-16H2,1-3H3,(H,37,43)/t23-,28+/m0/s1. The zero-order valence-corrected chi connectivity index (χ0v) is 26.3. The first-order valence-electron chi connectivity index (χ1n) is 15.5. The summed E-state index contributed by atoms with van der Waals surface area (Å²) in [5.74, 6) is -0.481. The largest absolute Gasteiger partial charge is 0.506 e. The molecule has 0 radical (unpaired) electrons. The van der Waals surface area contributed by atoms with Gasteiger partial charge in [0.1, 0.15) is 21.8 Å². The highest BCUT2D eigenvalue weighted by Crippen LogP contribution is 2.38. The second-order valence-corrected chi connectivity index (χ2v) is 14.3. The van der Waals surface area contributed by atoms with E-state index in [4.69, 9.17) is 9.97 Å². The van der Waals surface area contributed by atoms with Crippen LogP contribution in [0.15, 0.2) is 42.6 Å². The van der Waals surface area contributed by atoms with Gasteiger partial charge in [-0.25, -0.2) is 19.3 Å². The first-order chi connectivity index (χ1) is 21.0. The zero-order chi connectivity index (χ0) is 31.0. The molecule has 1 saturated heterocycles. The molecule has 4 aromatic rings. The maximum Gasteiger partial charge on any atom is 0.280 e. The Kier molecular flexibility index (Phi) is 8.68. The van der Waals surface area contributed by atoms with Crippen LogP contribution in [0.25, 0.3) is 21.6 Å². The number of aromatic hydroxyl groups is 1. The van der Waals surface area contributed by atoms with Gasteiger partial charge in [0.25, 0.3) is 5.91 Å². The Labute approximate surface area is 261 Å². The minimum absolute atomic E-state index is 0.153. The van der Waals surface area contributed by atoms with Crippen molar-refractivity contribution in [2.75, 3.05) is 19.6 Å². The lowest BCUT2D eigenvalue weighted by Gasteiger charge is -2.34. The third kappa shape index (κ3) is 6.77. The number of pyridine rings is 2. The monoisotopic (exact) mass is 617 g/mol. The molecule has 1 aliphatic carbocycles. The number of nitrogens with zero attached hydrogens (tertiary/aromatic N) is 4. The molecule has 0 saturated carbocycles. The van der Waals surface area contributed by atoms with Gasteiger partial charge in [0.15, 0.2) is 10.8 Å². The van der Waals surface area contributed by atoms with E-state index in [2.05, 4.69) is 42.0 Å². The molecule has 0 spiro atoms. The Morgan fingerprint density at radius 1 is 1.14 bits per heavy atom. The van der Waals surface area contributed by atoms with E-state index in [1.807, 2.05) is 12.1 Å². The molecule has 2 aliphatic rings. The quantitative estimate of drug-likeness (QED) is 0.231. The van der Waals surface area contributed by atoms with Crippen molar-refractivity contribution in [1.82, 2.24) is 25.2 Å². The van der Waals surface area contributed by atoms with Gasteiger partial charge >= 0.3 is 0 Å². The molecule has 6 rings (SSSR count). The number of fused-ring (bicyclic) bond motifs is 2. The average Bonchev–Trinajstić information content (AvgIpc) is 3.41. The van der Waals surface area contributed by atoms with Crippen molar-refractivity contribution >= 4 is 27.6 Å². The molecule has 4 heterocycles. The van der Waals surface area contributed by atoms with E-state index in [-0.39, 0.29) is 34.9 Å². The fourth-order valence-electron chi connectivity index (χ4n) is 6.36. The van der Waals surface area contributed by atoms with E-state index in [9.17, 15) is 19.4 Å². The Balaban J connectivity index is 1.22. The molecule has 1 aromatic carbocycles. The van der Waals surface area contributed by atoms with E-state index in [0.29, 0.717) is 22.9 Å². The van der Waals surface area contributed by atoms with Crippen molar-refractivity contribution in [2.45, 2.75) is 71.4 Å². The SMILES string of the molecule is CC(C)(C)[C@H]1CCc2nc3sc(C(=O)N[C@H](CCN4CCC(O)CC4)c4ccc(-c5ncc(O)cc5F)cc4)nc3cc2C1. The van der Waals surface area contributed by atoms with Gasteiger partial charge in [-0.1, -0.05) is 56.4 Å². The van der Waals surface area contributed by atoms with Crippen LogP contribution in [-0.2, 0) is 12.8 Å². The lowest BCUT2D eigenvalue weighted by atomic mass is 9.71. The second kappa shape index (κ2) is 12.5. The molecule has 0 unspecified atom stereocenters. The van der Waals surface area contributed by atoms with Crippen LogP contribution in [0.5, 0.6) is 5.75 Å². The number of piperidine rings is 1. The number of aliphatic hydroxyl groups excluding tert-OH is 1. The number of likely N-dealkylation sites (tertiary alicyclic amines) is 1. The summed E-state index contributed by atoms with van der Waals surface area (Å²) < 4.78 is 14.5. The summed E-state index contributed by atoms with van der Waals surface area (Å²) in [5.41, 5.74) is 4.99. The van der Waals surface area contributed by atoms with Crippen molar-refractivity contribution in [3.8, 4) is 17.0 Å². The topological polar surface area (TPSA) is 111 Å². The summed E-state index contributed by atoms with van der Waals surface area (Å²) in [7, 11) is 0. The highest BCUT2D eigenvalue weighted by atomic mass is 32.1. The van der Waals surface area contributed by atoms with Gasteiger partial charge in [0.2, 0.25) is 0 Å². The van der Waals surface area contributed by atoms with Gasteiger partial charge in [-0.3, -0.25) is 4.79 Å². The number of thiazole rings is 1. The summed E-state index contributed by atoms with van der Waals surface area (Å²) in [6.45, 7) is 9.27. The summed E-state index contributed by atoms with van der Waals surface area (Å²) in [6, 6.07) is 10.2. The fraction of sp³-hybridized carbons (Fsp3) is 0.471. The number of hydrogen-bond donors (Lipinski definition) is 3. The average molecular weight is 618 g/mol. The Morgan fingerprint density at radius 2 is 1.89 bits per heavy atom. The number of nitrogens with one attached hydrogen (secondary N) is 1. The van der Waals surface area contributed by atoms with E-state index < -0.39 is 5.82 Å². The smallest absolute Gasteiger partial charge is 0.280 e. The van der Waals surface area contributed by atoms with E-state index in [0.717, 1.165) is 79.4 Å². The van der Waals surface area contributed by atoms with Crippen LogP contribution in [0.4, 0.5) is 4.39 Å². The highest BCUT2D eigenvalue weighted by molar-refractivity contribution is 7.19. The van der Waals surface area contributed by atoms with Crippen LogP contribution in [0.3, 0.4) is 0 Å². The number of aryl methyl sites for hydroxylation is 1. The van der Waals surface area contributed by atoms with Gasteiger partial charge in [-0.2, -0.15) is 0 Å². The molecular formula is C34H40FN5O3S. The molecular weight excluding hydrogens is 577 g/mol. The molecule has 1 amide bonds. The van der Waals surface area contributed by atoms with Crippen LogP contribution in [0.1, 0.15) is 79.1 Å². The predicted octanol–water partition coefficient (Wildman–Crippen LogP) is 6.07. The molecule has 44 heavy (non-hydrogen) atoms. The summed E-state index contributed by atoms with van der Waals surface area (Å²) >= 11 is 1.33. The highest BCUT2D eigenvalue weighted by Gasteiger charge is 2.30. The number of carbonyl (C=O) groups is 1. The van der Waals surface area contributed by atoms with E-state index in [1.165, 1.54) is 23.1 Å². The molecule has 8 nitrogen and oxygen atoms in total. The zero-order valence-electron chi connectivity index (χ0n) is 25.5. The maximum atomic E-state index is 14.5. The van der Waals surface area contributed by atoms with E-state index >= 15 is 0 Å². The number of hydrogen-bond acceptors (Lipinski definition) is 8. The molecule has 3 aromatic heterocycles. The normalized spacial score (nSPS) is 18.7. The Morgan fingerprint density at radius 3 is 2.59 bits per heavy atom. The first-order valence-corrected chi connectivity index (χ1v) is 16.3. The summed E-state index contributed by atoms with van der Waals surface area (Å²) in [4.78, 5) is 30.4. The lowest BCUT2D eigenvalue weighted by Crippen LogP contribution is -2.38. The first kappa shape index (κ1) is 30.6. The fourth-order valence-corrected chi connectivity index (χ4v) is 7.20. The van der Waals surface area contributed by atoms with Crippen LogP contribution in [0, 0.1) is 17.2 Å². The van der Waals surface area contributed by atoms with Crippen molar-refractivity contribution in [1.29, 1.82) is 0 Å². The van der Waals surface area contributed by atoms with Crippen LogP contribution < -0.4 is 5.32 Å². The molecule has 232 valence electrons. The van der Waals surface area contributed by atoms with E-state index in [1.54, 1.807) is 12.1 Å². The van der Waals surface area contributed by atoms with Gasteiger partial charge in [0.05, 0.1) is 18.3 Å². The number of rotatable bonds is 7. The molecule has 0 bridgehead atoms. The third-order valence-corrected chi connectivity index (χ3v) is 10.1. The van der Waals surface area contributed by atoms with Crippen LogP contribution in [-0.4, -0.2) is 61.7 Å². The van der Waals surface area contributed by atoms with Crippen LogP contribution >= 0.6 is 11.3 Å². The molecule has 1 fully saturated rings.